The standard InChI is InChI=1S/C13H15NO4/c1-18-11-4-2-3-8(7-11)12(15)14-10-5-9(6-10)13(16)17/h2-4,7,9-10H,5-6H2,1H3,(H,14,15)(H,16,17). The zero-order valence-electron chi connectivity index (χ0n) is 10.1. The van der Waals surface area contributed by atoms with E-state index in [1.54, 1.807) is 31.4 Å². The van der Waals surface area contributed by atoms with Crippen LogP contribution >= 0.6 is 0 Å². The van der Waals surface area contributed by atoms with Crippen LogP contribution in [0.2, 0.25) is 0 Å². The van der Waals surface area contributed by atoms with Gasteiger partial charge < -0.3 is 15.2 Å². The van der Waals surface area contributed by atoms with E-state index in [-0.39, 0.29) is 17.9 Å². The molecule has 0 bridgehead atoms. The van der Waals surface area contributed by atoms with Crippen LogP contribution in [0, 0.1) is 5.92 Å². The van der Waals surface area contributed by atoms with Crippen LogP contribution in [0.3, 0.4) is 0 Å². The van der Waals surface area contributed by atoms with Crippen molar-refractivity contribution < 1.29 is 19.4 Å². The van der Waals surface area contributed by atoms with Gasteiger partial charge in [0.05, 0.1) is 13.0 Å². The fourth-order valence-corrected chi connectivity index (χ4v) is 1.97. The monoisotopic (exact) mass is 249 g/mol. The molecule has 0 spiro atoms. The van der Waals surface area contributed by atoms with Crippen molar-refractivity contribution in [2.24, 2.45) is 5.92 Å². The molecule has 1 saturated carbocycles. The zero-order valence-corrected chi connectivity index (χ0v) is 10.1. The van der Waals surface area contributed by atoms with Crippen molar-refractivity contribution >= 4 is 11.9 Å². The topological polar surface area (TPSA) is 75.6 Å². The Labute approximate surface area is 105 Å². The van der Waals surface area contributed by atoms with E-state index >= 15 is 0 Å². The number of rotatable bonds is 4. The van der Waals surface area contributed by atoms with Gasteiger partial charge >= 0.3 is 5.97 Å². The highest BCUT2D eigenvalue weighted by Crippen LogP contribution is 2.27. The van der Waals surface area contributed by atoms with Gasteiger partial charge in [-0.05, 0) is 31.0 Å². The van der Waals surface area contributed by atoms with Crippen molar-refractivity contribution in [3.63, 3.8) is 0 Å². The van der Waals surface area contributed by atoms with Gasteiger partial charge in [-0.25, -0.2) is 0 Å². The number of nitrogens with one attached hydrogen (secondary N) is 1. The molecule has 0 radical (unpaired) electrons. The van der Waals surface area contributed by atoms with E-state index in [0.29, 0.717) is 24.2 Å². The molecule has 0 unspecified atom stereocenters. The van der Waals surface area contributed by atoms with Crippen LogP contribution in [0.25, 0.3) is 0 Å². The molecule has 2 N–H and O–H groups in total. The maximum atomic E-state index is 11.9. The van der Waals surface area contributed by atoms with Crippen molar-refractivity contribution in [2.45, 2.75) is 18.9 Å². The lowest BCUT2D eigenvalue weighted by Gasteiger charge is -2.32. The largest absolute Gasteiger partial charge is 0.497 e. The number of benzene rings is 1. The van der Waals surface area contributed by atoms with Crippen LogP contribution in [0.15, 0.2) is 24.3 Å². The first kappa shape index (κ1) is 12.4. The zero-order chi connectivity index (χ0) is 13.1. The quantitative estimate of drug-likeness (QED) is 0.843. The van der Waals surface area contributed by atoms with Gasteiger partial charge in [-0.3, -0.25) is 9.59 Å². The summed E-state index contributed by atoms with van der Waals surface area (Å²) in [4.78, 5) is 22.5. The molecule has 0 aromatic heterocycles. The van der Waals surface area contributed by atoms with Gasteiger partial charge in [0.2, 0.25) is 0 Å². The normalized spacial score (nSPS) is 21.8. The van der Waals surface area contributed by atoms with Gasteiger partial charge in [-0.2, -0.15) is 0 Å². The first-order chi connectivity index (χ1) is 8.60. The molecule has 0 aliphatic heterocycles. The second-order valence-electron chi connectivity index (χ2n) is 4.41. The molecule has 5 heteroatoms. The number of carbonyl (C=O) groups is 2. The van der Waals surface area contributed by atoms with Crippen LogP contribution < -0.4 is 10.1 Å². The minimum atomic E-state index is -0.790. The van der Waals surface area contributed by atoms with Crippen LogP contribution in [0.5, 0.6) is 5.75 Å². The lowest BCUT2D eigenvalue weighted by atomic mass is 9.80. The summed E-state index contributed by atoms with van der Waals surface area (Å²) < 4.78 is 5.04. The minimum absolute atomic E-state index is 0.0372. The molecule has 1 aliphatic carbocycles. The second kappa shape index (κ2) is 5.08. The van der Waals surface area contributed by atoms with Crippen LogP contribution in [-0.4, -0.2) is 30.1 Å². The molecular formula is C13H15NO4. The minimum Gasteiger partial charge on any atom is -0.497 e. The van der Waals surface area contributed by atoms with Crippen molar-refractivity contribution in [3.8, 4) is 5.75 Å². The van der Waals surface area contributed by atoms with Crippen LogP contribution in [0.4, 0.5) is 0 Å². The molecule has 2 rings (SSSR count). The summed E-state index contributed by atoms with van der Waals surface area (Å²) in [6, 6.07) is 6.83. The van der Waals surface area contributed by atoms with Gasteiger partial charge in [0.25, 0.3) is 5.91 Å². The Morgan fingerprint density at radius 3 is 2.72 bits per heavy atom. The lowest BCUT2D eigenvalue weighted by Crippen LogP contribution is -2.46. The Hall–Kier alpha value is -2.04. The molecule has 0 atom stereocenters. The summed E-state index contributed by atoms with van der Waals surface area (Å²) in [5, 5.41) is 11.6. The third-order valence-corrected chi connectivity index (χ3v) is 3.15. The molecular weight excluding hydrogens is 234 g/mol. The molecule has 5 nitrogen and oxygen atoms in total. The average Bonchev–Trinajstić information content (AvgIpc) is 2.32. The average molecular weight is 249 g/mol. The molecule has 1 aromatic carbocycles. The second-order valence-corrected chi connectivity index (χ2v) is 4.41. The Morgan fingerprint density at radius 2 is 2.11 bits per heavy atom. The van der Waals surface area contributed by atoms with E-state index in [0.717, 1.165) is 0 Å². The molecule has 1 amide bonds. The van der Waals surface area contributed by atoms with E-state index in [1.807, 2.05) is 0 Å². The molecule has 1 aromatic rings. The maximum absolute atomic E-state index is 11.9. The molecule has 0 saturated heterocycles. The number of hydrogen-bond donors (Lipinski definition) is 2. The first-order valence-electron chi connectivity index (χ1n) is 5.78. The number of carboxylic acids is 1. The highest BCUT2D eigenvalue weighted by atomic mass is 16.5. The van der Waals surface area contributed by atoms with Gasteiger partial charge in [0, 0.05) is 11.6 Å². The summed E-state index contributed by atoms with van der Waals surface area (Å²) in [5.74, 6) is -0.676. The van der Waals surface area contributed by atoms with Gasteiger partial charge in [0.1, 0.15) is 5.75 Å². The number of amides is 1. The lowest BCUT2D eigenvalue weighted by molar-refractivity contribution is -0.145. The predicted molar refractivity (Wildman–Crippen MR) is 64.6 cm³/mol. The Balaban J connectivity index is 1.91. The SMILES string of the molecule is COc1cccc(C(=O)NC2CC(C(=O)O)C2)c1. The summed E-state index contributed by atoms with van der Waals surface area (Å²) in [5.41, 5.74) is 0.521. The number of hydrogen-bond acceptors (Lipinski definition) is 3. The summed E-state index contributed by atoms with van der Waals surface area (Å²) >= 11 is 0. The van der Waals surface area contributed by atoms with Crippen molar-refractivity contribution in [2.75, 3.05) is 7.11 Å². The van der Waals surface area contributed by atoms with Crippen molar-refractivity contribution in [3.05, 3.63) is 29.8 Å². The van der Waals surface area contributed by atoms with Gasteiger partial charge in [-0.15, -0.1) is 0 Å². The van der Waals surface area contributed by atoms with E-state index in [2.05, 4.69) is 5.32 Å². The third kappa shape index (κ3) is 2.61. The van der Waals surface area contributed by atoms with E-state index in [9.17, 15) is 9.59 Å². The number of ether oxygens (including phenoxy) is 1. The third-order valence-electron chi connectivity index (χ3n) is 3.15. The number of carbonyl (C=O) groups excluding carboxylic acids is 1. The molecule has 18 heavy (non-hydrogen) atoms. The van der Waals surface area contributed by atoms with E-state index in [1.165, 1.54) is 0 Å². The molecule has 1 fully saturated rings. The molecule has 1 aliphatic rings. The summed E-state index contributed by atoms with van der Waals surface area (Å²) in [6.07, 6.45) is 1.01. The number of carboxylic acid groups (broad SMARTS) is 1. The molecule has 96 valence electrons. The smallest absolute Gasteiger partial charge is 0.306 e. The highest BCUT2D eigenvalue weighted by molar-refractivity contribution is 5.95. The highest BCUT2D eigenvalue weighted by Gasteiger charge is 2.35. The first-order valence-corrected chi connectivity index (χ1v) is 5.78. The number of methoxy groups -OCH3 is 1. The van der Waals surface area contributed by atoms with E-state index < -0.39 is 5.97 Å². The maximum Gasteiger partial charge on any atom is 0.306 e. The number of aliphatic carboxylic acids is 1. The predicted octanol–water partition coefficient (Wildman–Crippen LogP) is 1.29. The Bertz CT molecular complexity index is 466. The van der Waals surface area contributed by atoms with Crippen molar-refractivity contribution in [1.29, 1.82) is 0 Å². The molecule has 0 heterocycles. The van der Waals surface area contributed by atoms with Crippen molar-refractivity contribution in [1.82, 2.24) is 5.32 Å². The van der Waals surface area contributed by atoms with E-state index in [4.69, 9.17) is 9.84 Å². The van der Waals surface area contributed by atoms with Crippen LogP contribution in [-0.2, 0) is 4.79 Å². The summed E-state index contributed by atoms with van der Waals surface area (Å²) in [6.45, 7) is 0. The van der Waals surface area contributed by atoms with Gasteiger partial charge in [-0.1, -0.05) is 6.07 Å². The van der Waals surface area contributed by atoms with Crippen LogP contribution in [0.1, 0.15) is 23.2 Å². The fourth-order valence-electron chi connectivity index (χ4n) is 1.97. The Kier molecular flexibility index (Phi) is 3.50. The Morgan fingerprint density at radius 1 is 1.39 bits per heavy atom. The fraction of sp³-hybridized carbons (Fsp3) is 0.385. The van der Waals surface area contributed by atoms with Gasteiger partial charge in [0.15, 0.2) is 0 Å². The summed E-state index contributed by atoms with van der Waals surface area (Å²) in [7, 11) is 1.54.